The van der Waals surface area contributed by atoms with Gasteiger partial charge >= 0.3 is 12.1 Å². The number of carbonyl (C=O) groups excluding carboxylic acids is 2. The van der Waals surface area contributed by atoms with Gasteiger partial charge < -0.3 is 20.1 Å². The lowest BCUT2D eigenvalue weighted by atomic mass is 9.98. The number of nitrogens with one attached hydrogen (secondary N) is 1. The van der Waals surface area contributed by atoms with Crippen molar-refractivity contribution in [1.29, 1.82) is 0 Å². The molecule has 172 valence electrons. The van der Waals surface area contributed by atoms with E-state index in [4.69, 9.17) is 9.84 Å². The van der Waals surface area contributed by atoms with Crippen molar-refractivity contribution in [2.75, 3.05) is 26.2 Å². The van der Waals surface area contributed by atoms with E-state index in [1.165, 1.54) is 17.2 Å². The Hall–Kier alpha value is -3.61. The molecule has 7 nitrogen and oxygen atoms in total. The summed E-state index contributed by atoms with van der Waals surface area (Å²) in [5.74, 6) is -0.692. The van der Waals surface area contributed by atoms with Gasteiger partial charge in [-0.1, -0.05) is 54.6 Å². The molecule has 1 heterocycles. The summed E-state index contributed by atoms with van der Waals surface area (Å²) in [7, 11) is 0. The van der Waals surface area contributed by atoms with Crippen molar-refractivity contribution in [3.05, 3.63) is 71.8 Å². The molecular weight excluding hydrogens is 420 g/mol. The lowest BCUT2D eigenvalue weighted by molar-refractivity contribution is -0.137. The molecule has 1 atom stereocenters. The zero-order valence-corrected chi connectivity index (χ0v) is 18.4. The fraction of sp³-hybridized carbons (Fsp3) is 0.346. The first kappa shape index (κ1) is 22.6. The standard InChI is InChI=1S/C26H28N2O5/c29-24(28-15-13-18(16-28)11-12-25(30)31)10-5-14-27-26(32)33-17-23-21-8-3-1-6-19(21)20-7-2-4-9-22(20)23/h1-10,18,23H,11-17H2,(H,27,32)(H,30,31)/b10-5+. The molecule has 0 saturated carbocycles. The van der Waals surface area contributed by atoms with Crippen molar-refractivity contribution in [2.45, 2.75) is 25.2 Å². The SMILES string of the molecule is O=C(O)CCC1CCN(C(=O)/C=C/CNC(=O)OCC2c3ccccc3-c3ccccc32)C1. The molecule has 0 bridgehead atoms. The topological polar surface area (TPSA) is 95.9 Å². The van der Waals surface area contributed by atoms with Crippen LogP contribution in [0.15, 0.2) is 60.7 Å². The first-order valence-electron chi connectivity index (χ1n) is 11.3. The number of rotatable bonds is 8. The van der Waals surface area contributed by atoms with Crippen LogP contribution in [0.5, 0.6) is 0 Å². The van der Waals surface area contributed by atoms with Crippen LogP contribution < -0.4 is 5.32 Å². The number of hydrogen-bond donors (Lipinski definition) is 2. The zero-order valence-electron chi connectivity index (χ0n) is 18.4. The van der Waals surface area contributed by atoms with Gasteiger partial charge in [-0.05, 0) is 41.0 Å². The van der Waals surface area contributed by atoms with Gasteiger partial charge in [0.25, 0.3) is 0 Å². The fourth-order valence-corrected chi connectivity index (χ4v) is 4.65. The molecule has 0 spiro atoms. The van der Waals surface area contributed by atoms with Crippen LogP contribution in [0.1, 0.15) is 36.3 Å². The van der Waals surface area contributed by atoms with Gasteiger partial charge in [0, 0.05) is 38.0 Å². The molecule has 2 aromatic carbocycles. The van der Waals surface area contributed by atoms with Crippen LogP contribution in [0.3, 0.4) is 0 Å². The number of carbonyl (C=O) groups is 3. The van der Waals surface area contributed by atoms with Crippen LogP contribution in [0.25, 0.3) is 11.1 Å². The molecule has 1 aliphatic carbocycles. The quantitative estimate of drug-likeness (QED) is 0.599. The summed E-state index contributed by atoms with van der Waals surface area (Å²) in [5, 5.41) is 11.4. The van der Waals surface area contributed by atoms with E-state index in [-0.39, 0.29) is 37.3 Å². The molecule has 1 fully saturated rings. The molecule has 0 radical (unpaired) electrons. The van der Waals surface area contributed by atoms with E-state index >= 15 is 0 Å². The highest BCUT2D eigenvalue weighted by molar-refractivity contribution is 5.88. The van der Waals surface area contributed by atoms with Crippen LogP contribution in [-0.2, 0) is 14.3 Å². The monoisotopic (exact) mass is 448 g/mol. The summed E-state index contributed by atoms with van der Waals surface area (Å²) in [4.78, 5) is 36.9. The molecule has 4 rings (SSSR count). The van der Waals surface area contributed by atoms with Gasteiger partial charge in [-0.3, -0.25) is 9.59 Å². The smallest absolute Gasteiger partial charge is 0.407 e. The normalized spacial score (nSPS) is 17.1. The number of nitrogens with zero attached hydrogens (tertiary/aromatic N) is 1. The van der Waals surface area contributed by atoms with Crippen molar-refractivity contribution in [3.8, 4) is 11.1 Å². The highest BCUT2D eigenvalue weighted by Gasteiger charge is 2.29. The minimum atomic E-state index is -0.806. The Kier molecular flexibility index (Phi) is 7.07. The van der Waals surface area contributed by atoms with Gasteiger partial charge in [-0.15, -0.1) is 0 Å². The Morgan fingerprint density at radius 1 is 1.06 bits per heavy atom. The van der Waals surface area contributed by atoms with Crippen LogP contribution in [0, 0.1) is 5.92 Å². The zero-order chi connectivity index (χ0) is 23.2. The third kappa shape index (κ3) is 5.42. The molecule has 2 aliphatic rings. The minimum absolute atomic E-state index is 0.00418. The lowest BCUT2D eigenvalue weighted by Crippen LogP contribution is -2.28. The highest BCUT2D eigenvalue weighted by atomic mass is 16.5. The van der Waals surface area contributed by atoms with Crippen LogP contribution >= 0.6 is 0 Å². The van der Waals surface area contributed by atoms with Crippen molar-refractivity contribution < 1.29 is 24.2 Å². The lowest BCUT2D eigenvalue weighted by Gasteiger charge is -2.14. The van der Waals surface area contributed by atoms with Crippen molar-refractivity contribution >= 4 is 18.0 Å². The Morgan fingerprint density at radius 2 is 1.73 bits per heavy atom. The number of amides is 2. The molecule has 7 heteroatoms. The summed E-state index contributed by atoms with van der Waals surface area (Å²) in [6.45, 7) is 1.65. The van der Waals surface area contributed by atoms with Gasteiger partial charge in [0.05, 0.1) is 0 Å². The molecule has 2 aromatic rings. The van der Waals surface area contributed by atoms with Crippen molar-refractivity contribution in [1.82, 2.24) is 10.2 Å². The number of fused-ring (bicyclic) bond motifs is 3. The molecular formula is C26H28N2O5. The number of carboxylic acids is 1. The van der Waals surface area contributed by atoms with Crippen LogP contribution in [0.4, 0.5) is 4.79 Å². The number of ether oxygens (including phenoxy) is 1. The Balaban J connectivity index is 1.21. The van der Waals surface area contributed by atoms with Gasteiger partial charge in [0.1, 0.15) is 6.61 Å². The van der Waals surface area contributed by atoms with Gasteiger partial charge in [0.15, 0.2) is 0 Å². The maximum Gasteiger partial charge on any atom is 0.407 e. The van der Waals surface area contributed by atoms with E-state index in [9.17, 15) is 14.4 Å². The average molecular weight is 449 g/mol. The fourth-order valence-electron chi connectivity index (χ4n) is 4.65. The molecule has 2 amide bonds. The largest absolute Gasteiger partial charge is 0.481 e. The van der Waals surface area contributed by atoms with Crippen molar-refractivity contribution in [2.24, 2.45) is 5.92 Å². The van der Waals surface area contributed by atoms with Gasteiger partial charge in [0.2, 0.25) is 5.91 Å². The molecule has 2 N–H and O–H groups in total. The predicted molar refractivity (Wildman–Crippen MR) is 124 cm³/mol. The number of alkyl carbamates (subject to hydrolysis) is 1. The van der Waals surface area contributed by atoms with Crippen LogP contribution in [0.2, 0.25) is 0 Å². The third-order valence-electron chi connectivity index (χ3n) is 6.33. The number of likely N-dealkylation sites (tertiary alicyclic amines) is 1. The maximum atomic E-state index is 12.3. The minimum Gasteiger partial charge on any atom is -0.481 e. The third-order valence-corrected chi connectivity index (χ3v) is 6.33. The van der Waals surface area contributed by atoms with Gasteiger partial charge in [-0.25, -0.2) is 4.79 Å². The van der Waals surface area contributed by atoms with E-state index in [1.54, 1.807) is 11.0 Å². The number of hydrogen-bond acceptors (Lipinski definition) is 4. The highest BCUT2D eigenvalue weighted by Crippen LogP contribution is 2.44. The van der Waals surface area contributed by atoms with E-state index < -0.39 is 12.1 Å². The second kappa shape index (κ2) is 10.3. The second-order valence-corrected chi connectivity index (χ2v) is 8.48. The molecule has 1 aliphatic heterocycles. The summed E-state index contributed by atoms with van der Waals surface area (Å²) < 4.78 is 5.48. The van der Waals surface area contributed by atoms with Gasteiger partial charge in [-0.2, -0.15) is 0 Å². The Morgan fingerprint density at radius 3 is 2.39 bits per heavy atom. The summed E-state index contributed by atoms with van der Waals surface area (Å²) in [6.07, 6.45) is 4.07. The Labute approximate surface area is 193 Å². The number of aliphatic carboxylic acids is 1. The van der Waals surface area contributed by atoms with E-state index in [2.05, 4.69) is 29.6 Å². The molecule has 1 saturated heterocycles. The first-order chi connectivity index (χ1) is 16.0. The number of carboxylic acid groups (broad SMARTS) is 1. The molecule has 1 unspecified atom stereocenters. The maximum absolute atomic E-state index is 12.3. The summed E-state index contributed by atoms with van der Waals surface area (Å²) >= 11 is 0. The number of benzene rings is 2. The van der Waals surface area contributed by atoms with E-state index in [1.807, 2.05) is 24.3 Å². The average Bonchev–Trinajstić information content (AvgIpc) is 3.42. The van der Waals surface area contributed by atoms with E-state index in [0.29, 0.717) is 19.5 Å². The predicted octanol–water partition coefficient (Wildman–Crippen LogP) is 3.79. The summed E-state index contributed by atoms with van der Waals surface area (Å²) in [5.41, 5.74) is 4.67. The summed E-state index contributed by atoms with van der Waals surface area (Å²) in [6, 6.07) is 16.3. The second-order valence-electron chi connectivity index (χ2n) is 8.48. The molecule has 33 heavy (non-hydrogen) atoms. The Bertz CT molecular complexity index is 1020. The van der Waals surface area contributed by atoms with Crippen molar-refractivity contribution in [3.63, 3.8) is 0 Å². The van der Waals surface area contributed by atoms with E-state index in [0.717, 1.165) is 17.5 Å². The van der Waals surface area contributed by atoms with Crippen LogP contribution in [-0.4, -0.2) is 54.2 Å². The molecule has 0 aromatic heterocycles. The first-order valence-corrected chi connectivity index (χ1v) is 11.3.